The second-order valence-electron chi connectivity index (χ2n) is 10.1. The molecule has 0 radical (unpaired) electrons. The Bertz CT molecular complexity index is 1080. The molecular weight excluding hydrogens is 464 g/mol. The SMILES string of the molecule is Cc1cc(Cl)ccc1OC(C)C(=O)N1CCC2(CC1)CC2C(=O)N1CCN(c2ccccn2)CC1. The molecule has 35 heavy (non-hydrogen) atoms. The van der Waals surface area contributed by atoms with Crippen LogP contribution in [0.1, 0.15) is 31.7 Å². The van der Waals surface area contributed by atoms with Gasteiger partial charge in [-0.15, -0.1) is 0 Å². The van der Waals surface area contributed by atoms with Gasteiger partial charge in [-0.2, -0.15) is 0 Å². The van der Waals surface area contributed by atoms with E-state index in [2.05, 4.69) is 9.88 Å². The number of piperidine rings is 1. The fraction of sp³-hybridized carbons (Fsp3) is 0.519. The van der Waals surface area contributed by atoms with E-state index in [1.165, 1.54) is 0 Å². The molecule has 2 unspecified atom stereocenters. The number of likely N-dealkylation sites (tertiary alicyclic amines) is 1. The first-order chi connectivity index (χ1) is 16.9. The summed E-state index contributed by atoms with van der Waals surface area (Å²) in [5.74, 6) is 2.05. The summed E-state index contributed by atoms with van der Waals surface area (Å²) < 4.78 is 5.94. The molecule has 186 valence electrons. The van der Waals surface area contributed by atoms with Gasteiger partial charge in [0.15, 0.2) is 6.10 Å². The van der Waals surface area contributed by atoms with Crippen molar-refractivity contribution in [1.29, 1.82) is 0 Å². The number of aryl methyl sites for hydroxylation is 1. The third kappa shape index (κ3) is 4.96. The molecule has 1 aromatic carbocycles. The maximum absolute atomic E-state index is 13.2. The monoisotopic (exact) mass is 496 g/mol. The third-order valence-corrected chi connectivity index (χ3v) is 8.15. The van der Waals surface area contributed by atoms with Crippen molar-refractivity contribution >= 4 is 29.2 Å². The summed E-state index contributed by atoms with van der Waals surface area (Å²) in [6.45, 7) is 8.20. The van der Waals surface area contributed by atoms with Crippen LogP contribution in [0, 0.1) is 18.3 Å². The van der Waals surface area contributed by atoms with E-state index in [0.717, 1.165) is 56.8 Å². The lowest BCUT2D eigenvalue weighted by molar-refractivity contribution is -0.140. The number of carbonyl (C=O) groups is 2. The van der Waals surface area contributed by atoms with Crippen LogP contribution in [0.5, 0.6) is 5.75 Å². The summed E-state index contributed by atoms with van der Waals surface area (Å²) in [6.07, 6.45) is 3.97. The van der Waals surface area contributed by atoms with Crippen molar-refractivity contribution in [2.75, 3.05) is 44.2 Å². The number of halogens is 1. The van der Waals surface area contributed by atoms with E-state index in [0.29, 0.717) is 29.8 Å². The first kappa shape index (κ1) is 23.9. The lowest BCUT2D eigenvalue weighted by atomic mass is 9.90. The molecular formula is C27H33ClN4O3. The van der Waals surface area contributed by atoms with E-state index in [1.807, 2.05) is 53.3 Å². The summed E-state index contributed by atoms with van der Waals surface area (Å²) in [6, 6.07) is 11.4. The predicted octanol–water partition coefficient (Wildman–Crippen LogP) is 3.79. The molecule has 1 aliphatic carbocycles. The number of anilines is 1. The first-order valence-electron chi connectivity index (χ1n) is 12.5. The van der Waals surface area contributed by atoms with Crippen LogP contribution in [0.4, 0.5) is 5.82 Å². The normalized spacial score (nSPS) is 22.1. The summed E-state index contributed by atoms with van der Waals surface area (Å²) in [5.41, 5.74) is 0.984. The first-order valence-corrected chi connectivity index (χ1v) is 12.9. The quantitative estimate of drug-likeness (QED) is 0.630. The number of pyridine rings is 1. The van der Waals surface area contributed by atoms with Gasteiger partial charge in [-0.25, -0.2) is 4.98 Å². The number of hydrogen-bond donors (Lipinski definition) is 0. The largest absolute Gasteiger partial charge is 0.481 e. The number of ether oxygens (including phenoxy) is 1. The van der Waals surface area contributed by atoms with Crippen LogP contribution in [0.15, 0.2) is 42.6 Å². The highest BCUT2D eigenvalue weighted by Gasteiger charge is 2.59. The maximum atomic E-state index is 13.2. The highest BCUT2D eigenvalue weighted by atomic mass is 35.5. The van der Waals surface area contributed by atoms with Crippen molar-refractivity contribution < 1.29 is 14.3 Å². The van der Waals surface area contributed by atoms with Crippen LogP contribution in [-0.2, 0) is 9.59 Å². The van der Waals surface area contributed by atoms with Crippen molar-refractivity contribution in [3.8, 4) is 5.75 Å². The minimum absolute atomic E-state index is 0.00312. The minimum Gasteiger partial charge on any atom is -0.481 e. The Balaban J connectivity index is 1.10. The Hall–Kier alpha value is -2.80. The highest BCUT2D eigenvalue weighted by Crippen LogP contribution is 2.60. The summed E-state index contributed by atoms with van der Waals surface area (Å²) in [4.78, 5) is 36.8. The van der Waals surface area contributed by atoms with Gasteiger partial charge in [-0.1, -0.05) is 17.7 Å². The van der Waals surface area contributed by atoms with E-state index in [9.17, 15) is 9.59 Å². The average molecular weight is 497 g/mol. The van der Waals surface area contributed by atoms with Crippen molar-refractivity contribution in [2.24, 2.45) is 11.3 Å². The zero-order valence-corrected chi connectivity index (χ0v) is 21.2. The fourth-order valence-electron chi connectivity index (χ4n) is 5.58. The molecule has 2 aliphatic heterocycles. The number of rotatable bonds is 5. The molecule has 8 heteroatoms. The fourth-order valence-corrected chi connectivity index (χ4v) is 5.81. The molecule has 1 spiro atoms. The summed E-state index contributed by atoms with van der Waals surface area (Å²) in [5, 5.41) is 0.652. The maximum Gasteiger partial charge on any atom is 0.263 e. The Morgan fingerprint density at radius 3 is 2.46 bits per heavy atom. The zero-order chi connectivity index (χ0) is 24.6. The second-order valence-corrected chi connectivity index (χ2v) is 10.6. The molecule has 1 saturated carbocycles. The molecule has 3 heterocycles. The Morgan fingerprint density at radius 1 is 1.06 bits per heavy atom. The van der Waals surface area contributed by atoms with E-state index in [4.69, 9.17) is 16.3 Å². The van der Waals surface area contributed by atoms with E-state index in [1.54, 1.807) is 13.0 Å². The van der Waals surface area contributed by atoms with Crippen LogP contribution in [0.3, 0.4) is 0 Å². The third-order valence-electron chi connectivity index (χ3n) is 7.91. The van der Waals surface area contributed by atoms with Crippen LogP contribution >= 0.6 is 11.6 Å². The molecule has 5 rings (SSSR count). The zero-order valence-electron chi connectivity index (χ0n) is 20.5. The molecule has 3 aliphatic rings. The number of hydrogen-bond acceptors (Lipinski definition) is 5. The number of aromatic nitrogens is 1. The van der Waals surface area contributed by atoms with Gasteiger partial charge < -0.3 is 19.4 Å². The van der Waals surface area contributed by atoms with Crippen LogP contribution < -0.4 is 9.64 Å². The standard InChI is InChI=1S/C27H33ClN4O3/c1-19-17-21(28)6-7-23(19)35-20(2)25(33)31-11-8-27(9-12-31)18-22(27)26(34)32-15-13-30(14-16-32)24-5-3-4-10-29-24/h3-7,10,17,20,22H,8-9,11-16,18H2,1-2H3. The molecule has 3 fully saturated rings. The molecule has 0 bridgehead atoms. The Kier molecular flexibility index (Phi) is 6.62. The second kappa shape index (κ2) is 9.69. The van der Waals surface area contributed by atoms with E-state index in [-0.39, 0.29) is 17.2 Å². The van der Waals surface area contributed by atoms with Gasteiger partial charge in [0.25, 0.3) is 5.91 Å². The predicted molar refractivity (Wildman–Crippen MR) is 136 cm³/mol. The summed E-state index contributed by atoms with van der Waals surface area (Å²) >= 11 is 6.02. The number of carbonyl (C=O) groups excluding carboxylic acids is 2. The van der Waals surface area contributed by atoms with Gasteiger partial charge in [-0.3, -0.25) is 9.59 Å². The molecule has 2 aromatic rings. The van der Waals surface area contributed by atoms with Gasteiger partial charge >= 0.3 is 0 Å². The average Bonchev–Trinajstić information content (AvgIpc) is 3.58. The van der Waals surface area contributed by atoms with E-state index >= 15 is 0 Å². The molecule has 0 N–H and O–H groups in total. The Labute approximate surface area is 212 Å². The van der Waals surface area contributed by atoms with Gasteiger partial charge in [0.1, 0.15) is 11.6 Å². The summed E-state index contributed by atoms with van der Waals surface area (Å²) in [7, 11) is 0. The minimum atomic E-state index is -0.559. The van der Waals surface area contributed by atoms with Gasteiger partial charge in [0, 0.05) is 56.4 Å². The number of nitrogens with zero attached hydrogens (tertiary/aromatic N) is 4. The molecule has 2 saturated heterocycles. The lowest BCUT2D eigenvalue weighted by Crippen LogP contribution is -2.50. The highest BCUT2D eigenvalue weighted by molar-refractivity contribution is 6.30. The van der Waals surface area contributed by atoms with Crippen molar-refractivity contribution in [1.82, 2.24) is 14.8 Å². The smallest absolute Gasteiger partial charge is 0.263 e. The number of benzene rings is 1. The van der Waals surface area contributed by atoms with Gasteiger partial charge in [0.05, 0.1) is 0 Å². The molecule has 7 nitrogen and oxygen atoms in total. The number of amides is 2. The lowest BCUT2D eigenvalue weighted by Gasteiger charge is -2.37. The van der Waals surface area contributed by atoms with Crippen molar-refractivity contribution in [3.05, 3.63) is 53.2 Å². The van der Waals surface area contributed by atoms with Crippen LogP contribution in [0.2, 0.25) is 5.02 Å². The number of piperazine rings is 1. The van der Waals surface area contributed by atoms with Crippen molar-refractivity contribution in [3.63, 3.8) is 0 Å². The van der Waals surface area contributed by atoms with Crippen LogP contribution in [0.25, 0.3) is 0 Å². The molecule has 2 atom stereocenters. The van der Waals surface area contributed by atoms with Gasteiger partial charge in [0.2, 0.25) is 5.91 Å². The Morgan fingerprint density at radius 2 is 1.80 bits per heavy atom. The van der Waals surface area contributed by atoms with Crippen LogP contribution in [-0.4, -0.2) is 72.0 Å². The van der Waals surface area contributed by atoms with Gasteiger partial charge in [-0.05, 0) is 74.4 Å². The van der Waals surface area contributed by atoms with E-state index < -0.39 is 6.10 Å². The topological polar surface area (TPSA) is 66.0 Å². The van der Waals surface area contributed by atoms with Crippen molar-refractivity contribution in [2.45, 2.75) is 39.2 Å². The molecule has 2 amide bonds. The molecule has 1 aromatic heterocycles.